The molecule has 1 amide bonds. The van der Waals surface area contributed by atoms with Crippen LogP contribution in [0.25, 0.3) is 0 Å². The van der Waals surface area contributed by atoms with Gasteiger partial charge in [0.25, 0.3) is 10.1 Å². The predicted molar refractivity (Wildman–Crippen MR) is 95.7 cm³/mol. The molecule has 0 spiro atoms. The Morgan fingerprint density at radius 1 is 1.24 bits per heavy atom. The van der Waals surface area contributed by atoms with Crippen LogP contribution in [0.5, 0.6) is 0 Å². The zero-order valence-electron chi connectivity index (χ0n) is 15.3. The maximum Gasteiger partial charge on any atom is 0.410 e. The van der Waals surface area contributed by atoms with E-state index in [0.717, 1.165) is 12.0 Å². The van der Waals surface area contributed by atoms with Crippen LogP contribution in [0.15, 0.2) is 24.3 Å². The van der Waals surface area contributed by atoms with Gasteiger partial charge in [0.2, 0.25) is 0 Å². The van der Waals surface area contributed by atoms with Crippen LogP contribution in [0.2, 0.25) is 0 Å². The Morgan fingerprint density at radius 3 is 2.48 bits per heavy atom. The highest BCUT2D eigenvalue weighted by molar-refractivity contribution is 7.85. The molecule has 1 atom stereocenters. The van der Waals surface area contributed by atoms with Gasteiger partial charge in [-0.05, 0) is 46.1 Å². The molecule has 1 fully saturated rings. The van der Waals surface area contributed by atoms with Gasteiger partial charge in [0.05, 0.1) is 12.6 Å². The van der Waals surface area contributed by atoms with Crippen molar-refractivity contribution in [3.05, 3.63) is 35.4 Å². The van der Waals surface area contributed by atoms with E-state index in [2.05, 4.69) is 0 Å². The molecule has 25 heavy (non-hydrogen) atoms. The molecule has 0 radical (unpaired) electrons. The normalized spacial score (nSPS) is 18.4. The van der Waals surface area contributed by atoms with Crippen molar-refractivity contribution in [1.82, 2.24) is 4.90 Å². The molecule has 7 heteroatoms. The number of carbonyl (C=O) groups excluding carboxylic acids is 1. The van der Waals surface area contributed by atoms with Gasteiger partial charge >= 0.3 is 6.09 Å². The van der Waals surface area contributed by atoms with Gasteiger partial charge in [-0.1, -0.05) is 29.8 Å². The molecule has 0 aromatic heterocycles. The van der Waals surface area contributed by atoms with Crippen LogP contribution in [0.1, 0.15) is 44.7 Å². The highest BCUT2D eigenvalue weighted by Crippen LogP contribution is 2.22. The summed E-state index contributed by atoms with van der Waals surface area (Å²) in [6.07, 6.45) is 1.10. The first-order valence-electron chi connectivity index (χ1n) is 8.48. The smallest absolute Gasteiger partial charge is 0.410 e. The van der Waals surface area contributed by atoms with Gasteiger partial charge in [-0.15, -0.1) is 0 Å². The molecule has 0 bridgehead atoms. The van der Waals surface area contributed by atoms with Gasteiger partial charge in [-0.25, -0.2) is 4.79 Å². The molecule has 0 aliphatic carbocycles. The molecule has 1 heterocycles. The van der Waals surface area contributed by atoms with Crippen LogP contribution >= 0.6 is 0 Å². The third kappa shape index (κ3) is 6.32. The van der Waals surface area contributed by atoms with E-state index in [4.69, 9.17) is 8.92 Å². The largest absolute Gasteiger partial charge is 0.444 e. The topological polar surface area (TPSA) is 72.9 Å². The molecule has 1 saturated heterocycles. The Morgan fingerprint density at radius 2 is 1.88 bits per heavy atom. The lowest BCUT2D eigenvalue weighted by Gasteiger charge is -2.28. The Hall–Kier alpha value is -1.60. The van der Waals surface area contributed by atoms with Crippen LogP contribution in [0.3, 0.4) is 0 Å². The fourth-order valence-electron chi connectivity index (χ4n) is 2.68. The molecular formula is C18H27NO5S. The zero-order valence-corrected chi connectivity index (χ0v) is 16.1. The van der Waals surface area contributed by atoms with Crippen LogP contribution < -0.4 is 0 Å². The van der Waals surface area contributed by atoms with E-state index in [0.29, 0.717) is 18.5 Å². The summed E-state index contributed by atoms with van der Waals surface area (Å²) in [5, 5.41) is 0. The van der Waals surface area contributed by atoms with E-state index in [1.54, 1.807) is 37.8 Å². The number of hydrogen-bond donors (Lipinski definition) is 0. The maximum absolute atomic E-state index is 12.2. The van der Waals surface area contributed by atoms with Crippen LogP contribution in [-0.2, 0) is 24.8 Å². The van der Waals surface area contributed by atoms with E-state index in [1.165, 1.54) is 0 Å². The quantitative estimate of drug-likeness (QED) is 0.745. The third-order valence-electron chi connectivity index (χ3n) is 3.91. The van der Waals surface area contributed by atoms with Crippen molar-refractivity contribution < 1.29 is 22.1 Å². The first-order chi connectivity index (χ1) is 11.6. The summed E-state index contributed by atoms with van der Waals surface area (Å²) in [7, 11) is -3.70. The van der Waals surface area contributed by atoms with Gasteiger partial charge < -0.3 is 9.64 Å². The van der Waals surface area contributed by atoms with Crippen molar-refractivity contribution in [1.29, 1.82) is 0 Å². The second-order valence-electron chi connectivity index (χ2n) is 7.44. The maximum atomic E-state index is 12.2. The summed E-state index contributed by atoms with van der Waals surface area (Å²) >= 11 is 0. The molecule has 1 aromatic carbocycles. The van der Waals surface area contributed by atoms with E-state index in [-0.39, 0.29) is 18.4 Å². The van der Waals surface area contributed by atoms with Crippen LogP contribution in [0.4, 0.5) is 4.79 Å². The lowest BCUT2D eigenvalue weighted by atomic mass is 10.2. The molecule has 0 N–H and O–H groups in total. The number of aryl methyl sites for hydroxylation is 1. The number of benzene rings is 1. The molecular weight excluding hydrogens is 342 g/mol. The van der Waals surface area contributed by atoms with Crippen molar-refractivity contribution >= 4 is 16.2 Å². The zero-order chi connectivity index (χ0) is 18.7. The summed E-state index contributed by atoms with van der Waals surface area (Å²) in [6.45, 7) is 7.88. The van der Waals surface area contributed by atoms with Crippen molar-refractivity contribution in [3.63, 3.8) is 0 Å². The number of likely N-dealkylation sites (tertiary alicyclic amines) is 1. The van der Waals surface area contributed by atoms with Gasteiger partial charge in [-0.3, -0.25) is 4.18 Å². The highest BCUT2D eigenvalue weighted by atomic mass is 32.2. The highest BCUT2D eigenvalue weighted by Gasteiger charge is 2.33. The number of rotatable bonds is 5. The number of nitrogens with zero attached hydrogens (tertiary/aromatic N) is 1. The first-order valence-corrected chi connectivity index (χ1v) is 10.1. The monoisotopic (exact) mass is 369 g/mol. The molecule has 1 aliphatic heterocycles. The fourth-order valence-corrected chi connectivity index (χ4v) is 3.73. The van der Waals surface area contributed by atoms with Crippen molar-refractivity contribution in [2.45, 2.75) is 57.9 Å². The van der Waals surface area contributed by atoms with E-state index in [1.807, 2.05) is 19.1 Å². The molecule has 1 aromatic rings. The Balaban J connectivity index is 1.92. The molecule has 140 valence electrons. The number of carbonyl (C=O) groups is 1. The minimum atomic E-state index is -3.70. The van der Waals surface area contributed by atoms with Crippen LogP contribution in [0, 0.1) is 6.92 Å². The standard InChI is InChI=1S/C18H27NO5S/c1-14-7-9-15(10-8-14)13-25(21,22)23-12-16-6-5-11-19(16)17(20)24-18(2,3)4/h7-10,16H,5-6,11-13H2,1-4H3/t16-/m1/s1. The molecule has 6 nitrogen and oxygen atoms in total. The van der Waals surface area contributed by atoms with Crippen LogP contribution in [-0.4, -0.2) is 44.2 Å². The number of ether oxygens (including phenoxy) is 1. The minimum Gasteiger partial charge on any atom is -0.444 e. The molecule has 1 aliphatic rings. The Labute approximate surface area is 150 Å². The minimum absolute atomic E-state index is 0.0343. The summed E-state index contributed by atoms with van der Waals surface area (Å²) in [5.74, 6) is -0.174. The predicted octanol–water partition coefficient (Wildman–Crippen LogP) is 3.24. The molecule has 0 unspecified atom stereocenters. The number of amides is 1. The summed E-state index contributed by atoms with van der Waals surface area (Å²) in [5.41, 5.74) is 1.17. The van der Waals surface area contributed by atoms with E-state index in [9.17, 15) is 13.2 Å². The lowest BCUT2D eigenvalue weighted by Crippen LogP contribution is -2.42. The second kappa shape index (κ2) is 7.74. The Kier molecular flexibility index (Phi) is 6.11. The first kappa shape index (κ1) is 19.7. The SMILES string of the molecule is Cc1ccc(CS(=O)(=O)OC[C@H]2CCCN2C(=O)OC(C)(C)C)cc1. The van der Waals surface area contributed by atoms with E-state index >= 15 is 0 Å². The summed E-state index contributed by atoms with van der Waals surface area (Å²) < 4.78 is 34.9. The van der Waals surface area contributed by atoms with Gasteiger partial charge in [0, 0.05) is 6.54 Å². The van der Waals surface area contributed by atoms with Gasteiger partial charge in [0.1, 0.15) is 11.4 Å². The van der Waals surface area contributed by atoms with E-state index < -0.39 is 21.8 Å². The molecule has 2 rings (SSSR count). The van der Waals surface area contributed by atoms with Crippen molar-refractivity contribution in [2.75, 3.05) is 13.2 Å². The van der Waals surface area contributed by atoms with Crippen molar-refractivity contribution in [3.8, 4) is 0 Å². The average molecular weight is 369 g/mol. The van der Waals surface area contributed by atoms with Crippen molar-refractivity contribution in [2.24, 2.45) is 0 Å². The average Bonchev–Trinajstić information content (AvgIpc) is 2.94. The molecule has 0 saturated carbocycles. The Bertz CT molecular complexity index is 691. The van der Waals surface area contributed by atoms with Gasteiger partial charge in [-0.2, -0.15) is 8.42 Å². The number of hydrogen-bond acceptors (Lipinski definition) is 5. The summed E-state index contributed by atoms with van der Waals surface area (Å²) in [6, 6.07) is 7.01. The lowest BCUT2D eigenvalue weighted by molar-refractivity contribution is 0.0189. The third-order valence-corrected chi connectivity index (χ3v) is 5.09. The van der Waals surface area contributed by atoms with Gasteiger partial charge in [0.15, 0.2) is 0 Å². The summed E-state index contributed by atoms with van der Waals surface area (Å²) in [4.78, 5) is 13.8. The second-order valence-corrected chi connectivity index (χ2v) is 9.08. The fraction of sp³-hybridized carbons (Fsp3) is 0.611.